The maximum Gasteiger partial charge on any atom is 0.00761 e. The Balaban J connectivity index is 2.25. The van der Waals surface area contributed by atoms with E-state index in [0.717, 1.165) is 5.92 Å². The summed E-state index contributed by atoms with van der Waals surface area (Å²) < 4.78 is 0. The maximum atomic E-state index is 2.35. The molecular weight excluding hydrogens is 248 g/mol. The second kappa shape index (κ2) is 11.5. The highest BCUT2D eigenvalue weighted by Crippen LogP contribution is 2.31. The lowest BCUT2D eigenvalue weighted by Gasteiger charge is -2.15. The predicted octanol–water partition coefficient (Wildman–Crippen LogP) is 7.16. The molecule has 0 aliphatic rings. The topological polar surface area (TPSA) is 0 Å². The van der Waals surface area contributed by atoms with Crippen molar-refractivity contribution in [3.05, 3.63) is 22.4 Å². The van der Waals surface area contributed by atoms with Gasteiger partial charge in [-0.1, -0.05) is 77.7 Å². The second-order valence-corrected chi connectivity index (χ2v) is 6.74. The van der Waals surface area contributed by atoms with Gasteiger partial charge in [0.2, 0.25) is 0 Å². The van der Waals surface area contributed by atoms with Gasteiger partial charge in [-0.05, 0) is 30.2 Å². The van der Waals surface area contributed by atoms with Crippen molar-refractivity contribution < 1.29 is 0 Å². The molecular formula is C18H32S. The Labute approximate surface area is 124 Å². The molecule has 1 aromatic heterocycles. The van der Waals surface area contributed by atoms with E-state index >= 15 is 0 Å². The predicted molar refractivity (Wildman–Crippen MR) is 89.2 cm³/mol. The van der Waals surface area contributed by atoms with Crippen LogP contribution in [0, 0.1) is 0 Å². The minimum Gasteiger partial charge on any atom is -0.149 e. The van der Waals surface area contributed by atoms with E-state index in [-0.39, 0.29) is 0 Å². The molecule has 1 atom stereocenters. The first kappa shape index (κ1) is 16.8. The van der Waals surface area contributed by atoms with E-state index in [1.54, 1.807) is 4.88 Å². The first-order chi connectivity index (χ1) is 9.38. The Morgan fingerprint density at radius 1 is 0.842 bits per heavy atom. The van der Waals surface area contributed by atoms with E-state index < -0.39 is 0 Å². The van der Waals surface area contributed by atoms with Crippen LogP contribution in [0.5, 0.6) is 0 Å². The van der Waals surface area contributed by atoms with Crippen LogP contribution in [0.2, 0.25) is 0 Å². The molecule has 0 aromatic carbocycles. The van der Waals surface area contributed by atoms with Gasteiger partial charge in [0.05, 0.1) is 0 Å². The number of unbranched alkanes of at least 4 members (excludes halogenated alkanes) is 7. The van der Waals surface area contributed by atoms with Crippen LogP contribution in [0.4, 0.5) is 0 Å². The van der Waals surface area contributed by atoms with E-state index in [9.17, 15) is 0 Å². The van der Waals surface area contributed by atoms with E-state index in [4.69, 9.17) is 0 Å². The SMILES string of the molecule is CCCCCCCC(CCCCCC)c1cccs1. The summed E-state index contributed by atoms with van der Waals surface area (Å²) in [7, 11) is 0. The largest absolute Gasteiger partial charge is 0.149 e. The van der Waals surface area contributed by atoms with Crippen molar-refractivity contribution in [3.8, 4) is 0 Å². The lowest BCUT2D eigenvalue weighted by molar-refractivity contribution is 0.498. The number of hydrogen-bond acceptors (Lipinski definition) is 1. The molecule has 1 unspecified atom stereocenters. The molecule has 0 saturated heterocycles. The zero-order valence-corrected chi connectivity index (χ0v) is 13.8. The van der Waals surface area contributed by atoms with Crippen molar-refractivity contribution in [2.45, 2.75) is 90.4 Å². The van der Waals surface area contributed by atoms with Crippen LogP contribution >= 0.6 is 11.3 Å². The normalized spacial score (nSPS) is 12.7. The van der Waals surface area contributed by atoms with Gasteiger partial charge >= 0.3 is 0 Å². The molecule has 1 rings (SSSR count). The van der Waals surface area contributed by atoms with Crippen LogP contribution in [0.1, 0.15) is 95.3 Å². The fourth-order valence-corrected chi connectivity index (χ4v) is 3.66. The summed E-state index contributed by atoms with van der Waals surface area (Å²) in [6.45, 7) is 4.59. The number of rotatable bonds is 12. The molecule has 110 valence electrons. The average Bonchev–Trinajstić information content (AvgIpc) is 2.95. The van der Waals surface area contributed by atoms with Crippen LogP contribution in [0.15, 0.2) is 17.5 Å². The molecule has 0 aliphatic heterocycles. The van der Waals surface area contributed by atoms with Crippen molar-refractivity contribution in [1.29, 1.82) is 0 Å². The van der Waals surface area contributed by atoms with Crippen molar-refractivity contribution in [1.82, 2.24) is 0 Å². The molecule has 0 saturated carbocycles. The molecule has 0 aliphatic carbocycles. The van der Waals surface area contributed by atoms with E-state index in [0.29, 0.717) is 0 Å². The molecule has 0 spiro atoms. The van der Waals surface area contributed by atoms with Crippen LogP contribution in [-0.4, -0.2) is 0 Å². The van der Waals surface area contributed by atoms with Crippen LogP contribution in [0.3, 0.4) is 0 Å². The summed E-state index contributed by atoms with van der Waals surface area (Å²) >= 11 is 1.96. The van der Waals surface area contributed by atoms with Crippen LogP contribution in [-0.2, 0) is 0 Å². The molecule has 0 fully saturated rings. The molecule has 1 heterocycles. The van der Waals surface area contributed by atoms with Crippen LogP contribution in [0.25, 0.3) is 0 Å². The summed E-state index contributed by atoms with van der Waals surface area (Å²) in [5.41, 5.74) is 0. The molecule has 0 nitrogen and oxygen atoms in total. The lowest BCUT2D eigenvalue weighted by atomic mass is 9.93. The average molecular weight is 281 g/mol. The summed E-state index contributed by atoms with van der Waals surface area (Å²) in [6.07, 6.45) is 15.5. The molecule has 0 bridgehead atoms. The minimum absolute atomic E-state index is 0.846. The van der Waals surface area contributed by atoms with Gasteiger partial charge in [0.15, 0.2) is 0 Å². The fraction of sp³-hybridized carbons (Fsp3) is 0.778. The van der Waals surface area contributed by atoms with Crippen molar-refractivity contribution in [2.24, 2.45) is 0 Å². The minimum atomic E-state index is 0.846. The molecule has 1 heteroatoms. The number of thiophene rings is 1. The Bertz CT molecular complexity index is 276. The van der Waals surface area contributed by atoms with Crippen LogP contribution < -0.4 is 0 Å². The molecule has 1 aromatic rings. The maximum absolute atomic E-state index is 2.35. The van der Waals surface area contributed by atoms with Gasteiger partial charge in [0, 0.05) is 4.88 Å². The van der Waals surface area contributed by atoms with Crippen molar-refractivity contribution in [3.63, 3.8) is 0 Å². The smallest absolute Gasteiger partial charge is 0.00761 e. The highest BCUT2D eigenvalue weighted by molar-refractivity contribution is 7.10. The highest BCUT2D eigenvalue weighted by atomic mass is 32.1. The van der Waals surface area contributed by atoms with Crippen molar-refractivity contribution in [2.75, 3.05) is 0 Å². The second-order valence-electron chi connectivity index (χ2n) is 5.76. The Hall–Kier alpha value is -0.300. The summed E-state index contributed by atoms with van der Waals surface area (Å²) in [6, 6.07) is 4.57. The van der Waals surface area contributed by atoms with Crippen molar-refractivity contribution >= 4 is 11.3 Å². The van der Waals surface area contributed by atoms with E-state index in [1.807, 2.05) is 11.3 Å². The summed E-state index contributed by atoms with van der Waals surface area (Å²) in [5.74, 6) is 0.846. The van der Waals surface area contributed by atoms with Gasteiger partial charge in [0.1, 0.15) is 0 Å². The molecule has 0 N–H and O–H groups in total. The van der Waals surface area contributed by atoms with Gasteiger partial charge in [-0.25, -0.2) is 0 Å². The standard InChI is InChI=1S/C18H32S/c1-3-5-7-9-11-14-17(13-10-8-6-4-2)18-15-12-16-19-18/h12,15-17H,3-11,13-14H2,1-2H3. The molecule has 0 radical (unpaired) electrons. The van der Waals surface area contributed by atoms with E-state index in [2.05, 4.69) is 31.4 Å². The highest BCUT2D eigenvalue weighted by Gasteiger charge is 2.11. The number of hydrogen-bond donors (Lipinski definition) is 0. The monoisotopic (exact) mass is 280 g/mol. The van der Waals surface area contributed by atoms with E-state index in [1.165, 1.54) is 70.6 Å². The summed E-state index contributed by atoms with van der Waals surface area (Å²) in [4.78, 5) is 1.63. The third kappa shape index (κ3) is 7.77. The Morgan fingerprint density at radius 3 is 1.95 bits per heavy atom. The van der Waals surface area contributed by atoms with Gasteiger partial charge in [-0.3, -0.25) is 0 Å². The molecule has 19 heavy (non-hydrogen) atoms. The van der Waals surface area contributed by atoms with Gasteiger partial charge in [0.25, 0.3) is 0 Å². The summed E-state index contributed by atoms with van der Waals surface area (Å²) in [5, 5.41) is 2.24. The zero-order chi connectivity index (χ0) is 13.8. The van der Waals surface area contributed by atoms with Gasteiger partial charge < -0.3 is 0 Å². The zero-order valence-electron chi connectivity index (χ0n) is 13.0. The van der Waals surface area contributed by atoms with Gasteiger partial charge in [-0.2, -0.15) is 0 Å². The fourth-order valence-electron chi connectivity index (χ4n) is 2.76. The molecule has 0 amide bonds. The quantitative estimate of drug-likeness (QED) is 0.356. The Kier molecular flexibility index (Phi) is 10.2. The van der Waals surface area contributed by atoms with Gasteiger partial charge in [-0.15, -0.1) is 11.3 Å². The first-order valence-electron chi connectivity index (χ1n) is 8.41. The Morgan fingerprint density at radius 2 is 1.42 bits per heavy atom. The first-order valence-corrected chi connectivity index (χ1v) is 9.29. The lowest BCUT2D eigenvalue weighted by Crippen LogP contribution is -1.97. The third-order valence-corrected chi connectivity index (χ3v) is 5.04. The third-order valence-electron chi connectivity index (χ3n) is 4.01.